The van der Waals surface area contributed by atoms with Gasteiger partial charge in [-0.25, -0.2) is 4.39 Å². The molecule has 1 saturated heterocycles. The molecule has 98 valence electrons. The van der Waals surface area contributed by atoms with Crippen LogP contribution < -0.4 is 5.32 Å². The Morgan fingerprint density at radius 2 is 1.78 bits per heavy atom. The topological polar surface area (TPSA) is 12.0 Å². The van der Waals surface area contributed by atoms with Gasteiger partial charge in [0, 0.05) is 0 Å². The average molecular weight is 247 g/mol. The first-order valence-electron chi connectivity index (χ1n) is 7.30. The largest absolute Gasteiger partial charge is 0.317 e. The zero-order valence-corrected chi connectivity index (χ0v) is 10.9. The third-order valence-electron chi connectivity index (χ3n) is 4.64. The molecule has 0 bridgehead atoms. The zero-order valence-electron chi connectivity index (χ0n) is 10.9. The van der Waals surface area contributed by atoms with Crippen LogP contribution in [0.5, 0.6) is 0 Å². The van der Waals surface area contributed by atoms with Gasteiger partial charge in [0.15, 0.2) is 0 Å². The Morgan fingerprint density at radius 3 is 2.44 bits per heavy atom. The minimum atomic E-state index is -0.760. The molecule has 1 unspecified atom stereocenters. The van der Waals surface area contributed by atoms with Crippen molar-refractivity contribution in [2.24, 2.45) is 5.92 Å². The summed E-state index contributed by atoms with van der Waals surface area (Å²) in [4.78, 5) is 0. The normalized spacial score (nSPS) is 23.6. The van der Waals surface area contributed by atoms with Crippen LogP contribution in [0.25, 0.3) is 0 Å². The van der Waals surface area contributed by atoms with Gasteiger partial charge in [0.05, 0.1) is 0 Å². The van der Waals surface area contributed by atoms with Gasteiger partial charge in [0.1, 0.15) is 6.17 Å². The first-order valence-corrected chi connectivity index (χ1v) is 7.30. The Kier molecular flexibility index (Phi) is 3.64. The van der Waals surface area contributed by atoms with Crippen LogP contribution in [0.2, 0.25) is 0 Å². The minimum Gasteiger partial charge on any atom is -0.317 e. The van der Waals surface area contributed by atoms with E-state index in [9.17, 15) is 4.39 Å². The van der Waals surface area contributed by atoms with Crippen LogP contribution in [-0.4, -0.2) is 13.1 Å². The summed E-state index contributed by atoms with van der Waals surface area (Å²) in [5, 5.41) is 3.31. The second kappa shape index (κ2) is 5.40. The second-order valence-corrected chi connectivity index (χ2v) is 5.75. The molecule has 0 radical (unpaired) electrons. The van der Waals surface area contributed by atoms with Crippen molar-refractivity contribution < 1.29 is 4.39 Å². The number of rotatable bonds is 3. The molecule has 2 heteroatoms. The summed E-state index contributed by atoms with van der Waals surface area (Å²) >= 11 is 0. The lowest BCUT2D eigenvalue weighted by molar-refractivity contribution is 0.188. The average Bonchev–Trinajstić information content (AvgIpc) is 2.38. The van der Waals surface area contributed by atoms with Gasteiger partial charge in [-0.3, -0.25) is 0 Å². The standard InChI is InChI=1S/C16H22FN/c17-16(13-8-10-18-11-9-13)15-7-2-1-6-14(15)12-4-3-5-12/h1-2,6-7,12-13,16,18H,3-5,8-11H2. The van der Waals surface area contributed by atoms with Gasteiger partial charge in [-0.2, -0.15) is 0 Å². The van der Waals surface area contributed by atoms with Crippen LogP contribution in [0.1, 0.15) is 55.3 Å². The first-order chi connectivity index (χ1) is 8.86. The van der Waals surface area contributed by atoms with Gasteiger partial charge >= 0.3 is 0 Å². The van der Waals surface area contributed by atoms with Crippen molar-refractivity contribution in [3.63, 3.8) is 0 Å². The fraction of sp³-hybridized carbons (Fsp3) is 0.625. The second-order valence-electron chi connectivity index (χ2n) is 5.75. The number of halogens is 1. The van der Waals surface area contributed by atoms with E-state index in [1.807, 2.05) is 12.1 Å². The lowest BCUT2D eigenvalue weighted by Gasteiger charge is -2.32. The Bertz CT molecular complexity index is 394. The SMILES string of the molecule is FC(c1ccccc1C1CCC1)C1CCNCC1. The van der Waals surface area contributed by atoms with Gasteiger partial charge in [-0.15, -0.1) is 0 Å². The van der Waals surface area contributed by atoms with E-state index in [4.69, 9.17) is 0 Å². The van der Waals surface area contributed by atoms with Crippen molar-refractivity contribution in [3.05, 3.63) is 35.4 Å². The third-order valence-corrected chi connectivity index (χ3v) is 4.64. The number of hydrogen-bond donors (Lipinski definition) is 1. The van der Waals surface area contributed by atoms with E-state index in [1.165, 1.54) is 24.8 Å². The van der Waals surface area contributed by atoms with Crippen molar-refractivity contribution in [1.82, 2.24) is 5.32 Å². The van der Waals surface area contributed by atoms with E-state index in [2.05, 4.69) is 17.4 Å². The summed E-state index contributed by atoms with van der Waals surface area (Å²) in [6.07, 6.45) is 4.99. The summed E-state index contributed by atoms with van der Waals surface area (Å²) < 4.78 is 14.8. The van der Waals surface area contributed by atoms with Gasteiger partial charge in [-0.05, 0) is 61.7 Å². The lowest BCUT2D eigenvalue weighted by Crippen LogP contribution is -2.30. The predicted molar refractivity (Wildman–Crippen MR) is 72.5 cm³/mol. The molecule has 1 aliphatic heterocycles. The molecular weight excluding hydrogens is 225 g/mol. The molecule has 0 spiro atoms. The third kappa shape index (κ3) is 2.31. The van der Waals surface area contributed by atoms with Crippen LogP contribution >= 0.6 is 0 Å². The molecule has 1 saturated carbocycles. The Labute approximate surface area is 109 Å². The molecule has 1 atom stereocenters. The van der Waals surface area contributed by atoms with E-state index in [-0.39, 0.29) is 5.92 Å². The number of alkyl halides is 1. The molecule has 1 aliphatic carbocycles. The van der Waals surface area contributed by atoms with Crippen LogP contribution in [0.3, 0.4) is 0 Å². The molecule has 1 nitrogen and oxygen atoms in total. The summed E-state index contributed by atoms with van der Waals surface area (Å²) in [6, 6.07) is 8.21. The molecule has 1 aromatic carbocycles. The summed E-state index contributed by atoms with van der Waals surface area (Å²) in [7, 11) is 0. The molecule has 2 fully saturated rings. The molecule has 3 rings (SSSR count). The van der Waals surface area contributed by atoms with E-state index >= 15 is 0 Å². The highest BCUT2D eigenvalue weighted by Crippen LogP contribution is 2.42. The van der Waals surface area contributed by atoms with Crippen molar-refractivity contribution in [3.8, 4) is 0 Å². The summed E-state index contributed by atoms with van der Waals surface area (Å²) in [5.74, 6) is 0.841. The highest BCUT2D eigenvalue weighted by Gasteiger charge is 2.29. The molecule has 0 amide bonds. The number of benzene rings is 1. The smallest absolute Gasteiger partial charge is 0.128 e. The van der Waals surface area contributed by atoms with Gasteiger partial charge in [-0.1, -0.05) is 30.7 Å². The first kappa shape index (κ1) is 12.2. The monoisotopic (exact) mass is 247 g/mol. The molecular formula is C16H22FN. The minimum absolute atomic E-state index is 0.215. The summed E-state index contributed by atoms with van der Waals surface area (Å²) in [5.41, 5.74) is 2.27. The van der Waals surface area contributed by atoms with E-state index in [1.54, 1.807) is 0 Å². The van der Waals surface area contributed by atoms with Crippen molar-refractivity contribution in [2.75, 3.05) is 13.1 Å². The van der Waals surface area contributed by atoms with Gasteiger partial charge in [0.2, 0.25) is 0 Å². The maximum Gasteiger partial charge on any atom is 0.128 e. The number of piperidine rings is 1. The summed E-state index contributed by atoms with van der Waals surface area (Å²) in [6.45, 7) is 1.94. The molecule has 2 aliphatic rings. The fourth-order valence-corrected chi connectivity index (χ4v) is 3.24. The Hall–Kier alpha value is -0.890. The van der Waals surface area contributed by atoms with Crippen LogP contribution in [0, 0.1) is 5.92 Å². The Morgan fingerprint density at radius 1 is 1.06 bits per heavy atom. The molecule has 1 heterocycles. The van der Waals surface area contributed by atoms with E-state index < -0.39 is 6.17 Å². The van der Waals surface area contributed by atoms with E-state index in [0.717, 1.165) is 31.5 Å². The molecule has 0 aromatic heterocycles. The number of nitrogens with one attached hydrogen (secondary N) is 1. The molecule has 1 N–H and O–H groups in total. The highest BCUT2D eigenvalue weighted by molar-refractivity contribution is 5.33. The van der Waals surface area contributed by atoms with Crippen LogP contribution in [0.15, 0.2) is 24.3 Å². The Balaban J connectivity index is 1.81. The van der Waals surface area contributed by atoms with Gasteiger partial charge < -0.3 is 5.32 Å². The maximum absolute atomic E-state index is 14.8. The number of hydrogen-bond acceptors (Lipinski definition) is 1. The van der Waals surface area contributed by atoms with Crippen molar-refractivity contribution >= 4 is 0 Å². The quantitative estimate of drug-likeness (QED) is 0.852. The van der Waals surface area contributed by atoms with Gasteiger partial charge in [0.25, 0.3) is 0 Å². The van der Waals surface area contributed by atoms with Crippen molar-refractivity contribution in [2.45, 2.75) is 44.2 Å². The molecule has 18 heavy (non-hydrogen) atoms. The van der Waals surface area contributed by atoms with Crippen LogP contribution in [0.4, 0.5) is 4.39 Å². The van der Waals surface area contributed by atoms with Crippen molar-refractivity contribution in [1.29, 1.82) is 0 Å². The lowest BCUT2D eigenvalue weighted by atomic mass is 9.76. The molecule has 1 aromatic rings. The highest BCUT2D eigenvalue weighted by atomic mass is 19.1. The predicted octanol–water partition coefficient (Wildman–Crippen LogP) is 3.96. The maximum atomic E-state index is 14.8. The van der Waals surface area contributed by atoms with Crippen LogP contribution in [-0.2, 0) is 0 Å². The fourth-order valence-electron chi connectivity index (χ4n) is 3.24. The van der Waals surface area contributed by atoms with E-state index in [0.29, 0.717) is 5.92 Å². The zero-order chi connectivity index (χ0) is 12.4.